The van der Waals surface area contributed by atoms with E-state index in [1.807, 2.05) is 24.3 Å². The Kier molecular flexibility index (Phi) is 4.69. The summed E-state index contributed by atoms with van der Waals surface area (Å²) in [5.74, 6) is 1.63. The summed E-state index contributed by atoms with van der Waals surface area (Å²) >= 11 is 5.98. The minimum Gasteiger partial charge on any atom is -0.496 e. The van der Waals surface area contributed by atoms with E-state index in [0.29, 0.717) is 11.6 Å². The minimum absolute atomic E-state index is 0.440. The molecule has 2 aromatic carbocycles. The van der Waals surface area contributed by atoms with Crippen LogP contribution in [0.5, 0.6) is 11.5 Å². The third-order valence-electron chi connectivity index (χ3n) is 2.97. The van der Waals surface area contributed by atoms with Crippen molar-refractivity contribution in [1.82, 2.24) is 0 Å². The van der Waals surface area contributed by atoms with Crippen LogP contribution in [-0.2, 0) is 13.0 Å². The monoisotopic (exact) mass is 276 g/mol. The van der Waals surface area contributed by atoms with E-state index in [1.165, 1.54) is 5.56 Å². The van der Waals surface area contributed by atoms with Gasteiger partial charge in [-0.1, -0.05) is 30.7 Å². The van der Waals surface area contributed by atoms with Crippen LogP contribution < -0.4 is 9.47 Å². The number of halogens is 1. The molecule has 0 aliphatic heterocycles. The van der Waals surface area contributed by atoms with E-state index in [4.69, 9.17) is 21.1 Å². The molecule has 0 heterocycles. The van der Waals surface area contributed by atoms with Crippen molar-refractivity contribution in [2.24, 2.45) is 0 Å². The van der Waals surface area contributed by atoms with E-state index in [0.717, 1.165) is 23.5 Å². The van der Waals surface area contributed by atoms with Gasteiger partial charge in [-0.25, -0.2) is 0 Å². The lowest BCUT2D eigenvalue weighted by Crippen LogP contribution is -1.98. The van der Waals surface area contributed by atoms with E-state index in [9.17, 15) is 0 Å². The summed E-state index contributed by atoms with van der Waals surface area (Å²) in [6, 6.07) is 13.6. The molecule has 0 atom stereocenters. The van der Waals surface area contributed by atoms with Crippen molar-refractivity contribution in [2.75, 3.05) is 7.11 Å². The van der Waals surface area contributed by atoms with Crippen molar-refractivity contribution >= 4 is 11.6 Å². The van der Waals surface area contributed by atoms with E-state index >= 15 is 0 Å². The molecule has 19 heavy (non-hydrogen) atoms. The van der Waals surface area contributed by atoms with Crippen molar-refractivity contribution in [1.29, 1.82) is 0 Å². The van der Waals surface area contributed by atoms with Crippen LogP contribution in [0.3, 0.4) is 0 Å². The maximum atomic E-state index is 5.98. The lowest BCUT2D eigenvalue weighted by atomic mass is 10.2. The molecule has 0 bridgehead atoms. The van der Waals surface area contributed by atoms with Gasteiger partial charge >= 0.3 is 0 Å². The zero-order valence-corrected chi connectivity index (χ0v) is 11.9. The smallest absolute Gasteiger partial charge is 0.125 e. The zero-order valence-electron chi connectivity index (χ0n) is 11.2. The second-order valence-electron chi connectivity index (χ2n) is 4.24. The largest absolute Gasteiger partial charge is 0.496 e. The molecule has 0 amide bonds. The molecule has 100 valence electrons. The van der Waals surface area contributed by atoms with Crippen LogP contribution in [0.25, 0.3) is 0 Å². The molecule has 0 fully saturated rings. The third kappa shape index (κ3) is 3.65. The van der Waals surface area contributed by atoms with Crippen molar-refractivity contribution in [3.8, 4) is 11.5 Å². The van der Waals surface area contributed by atoms with Gasteiger partial charge in [-0.15, -0.1) is 0 Å². The fourth-order valence-electron chi connectivity index (χ4n) is 1.84. The van der Waals surface area contributed by atoms with Gasteiger partial charge in [0.1, 0.15) is 18.1 Å². The van der Waals surface area contributed by atoms with Gasteiger partial charge in [0.25, 0.3) is 0 Å². The number of ether oxygens (including phenoxy) is 2. The summed E-state index contributed by atoms with van der Waals surface area (Å²) in [6.45, 7) is 2.57. The summed E-state index contributed by atoms with van der Waals surface area (Å²) in [6.07, 6.45) is 1.03. The molecule has 0 aromatic heterocycles. The minimum atomic E-state index is 0.440. The molecule has 0 aliphatic carbocycles. The molecule has 0 saturated carbocycles. The first kappa shape index (κ1) is 13.8. The predicted molar refractivity (Wildman–Crippen MR) is 78.2 cm³/mol. The van der Waals surface area contributed by atoms with Gasteiger partial charge in [-0.2, -0.15) is 0 Å². The van der Waals surface area contributed by atoms with Gasteiger partial charge in [-0.05, 0) is 42.3 Å². The Balaban J connectivity index is 2.07. The molecule has 2 nitrogen and oxygen atoms in total. The first-order valence-electron chi connectivity index (χ1n) is 6.27. The molecule has 2 rings (SSSR count). The fraction of sp³-hybridized carbons (Fsp3) is 0.250. The molecule has 0 saturated heterocycles. The Morgan fingerprint density at radius 2 is 1.79 bits per heavy atom. The first-order chi connectivity index (χ1) is 9.22. The quantitative estimate of drug-likeness (QED) is 0.801. The molecule has 0 aliphatic rings. The number of benzene rings is 2. The number of aryl methyl sites for hydroxylation is 1. The molecular weight excluding hydrogens is 260 g/mol. The van der Waals surface area contributed by atoms with Crippen LogP contribution in [0.15, 0.2) is 42.5 Å². The number of hydrogen-bond donors (Lipinski definition) is 0. The summed E-state index contributed by atoms with van der Waals surface area (Å²) in [5, 5.41) is 0.681. The standard InChI is InChI=1S/C16H17ClO2/c1-3-12-4-7-15(8-5-12)19-11-13-10-14(17)6-9-16(13)18-2/h4-10H,3,11H2,1-2H3. The van der Waals surface area contributed by atoms with Crippen molar-refractivity contribution < 1.29 is 9.47 Å². The highest BCUT2D eigenvalue weighted by Gasteiger charge is 2.05. The molecule has 2 aromatic rings. The van der Waals surface area contributed by atoms with Crippen LogP contribution in [-0.4, -0.2) is 7.11 Å². The molecule has 0 N–H and O–H groups in total. The molecular formula is C16H17ClO2. The highest BCUT2D eigenvalue weighted by Crippen LogP contribution is 2.24. The topological polar surface area (TPSA) is 18.5 Å². The lowest BCUT2D eigenvalue weighted by molar-refractivity contribution is 0.296. The van der Waals surface area contributed by atoms with Gasteiger partial charge < -0.3 is 9.47 Å². The highest BCUT2D eigenvalue weighted by atomic mass is 35.5. The van der Waals surface area contributed by atoms with Crippen LogP contribution in [0.1, 0.15) is 18.1 Å². The number of methoxy groups -OCH3 is 1. The molecule has 3 heteroatoms. The van der Waals surface area contributed by atoms with Crippen molar-refractivity contribution in [3.05, 3.63) is 58.6 Å². The van der Waals surface area contributed by atoms with Gasteiger partial charge in [0, 0.05) is 10.6 Å². The first-order valence-corrected chi connectivity index (χ1v) is 6.65. The van der Waals surface area contributed by atoms with E-state index in [-0.39, 0.29) is 0 Å². The third-order valence-corrected chi connectivity index (χ3v) is 3.20. The Bertz CT molecular complexity index is 535. The Morgan fingerprint density at radius 1 is 1.05 bits per heavy atom. The van der Waals surface area contributed by atoms with E-state index < -0.39 is 0 Å². The maximum Gasteiger partial charge on any atom is 0.125 e. The fourth-order valence-corrected chi connectivity index (χ4v) is 2.04. The summed E-state index contributed by atoms with van der Waals surface area (Å²) in [7, 11) is 1.64. The van der Waals surface area contributed by atoms with Gasteiger partial charge in [0.2, 0.25) is 0 Å². The number of rotatable bonds is 5. The van der Waals surface area contributed by atoms with Crippen LogP contribution in [0.4, 0.5) is 0 Å². The SMILES string of the molecule is CCc1ccc(OCc2cc(Cl)ccc2OC)cc1. The van der Waals surface area contributed by atoms with Crippen LogP contribution >= 0.6 is 11.6 Å². The highest BCUT2D eigenvalue weighted by molar-refractivity contribution is 6.30. The Hall–Kier alpha value is -1.67. The van der Waals surface area contributed by atoms with Crippen LogP contribution in [0, 0.1) is 0 Å². The Morgan fingerprint density at radius 3 is 2.42 bits per heavy atom. The normalized spacial score (nSPS) is 10.3. The maximum absolute atomic E-state index is 5.98. The van der Waals surface area contributed by atoms with Gasteiger partial charge in [0.15, 0.2) is 0 Å². The van der Waals surface area contributed by atoms with Crippen molar-refractivity contribution in [2.45, 2.75) is 20.0 Å². The second-order valence-corrected chi connectivity index (χ2v) is 4.68. The lowest BCUT2D eigenvalue weighted by Gasteiger charge is -2.11. The van der Waals surface area contributed by atoms with Crippen LogP contribution in [0.2, 0.25) is 5.02 Å². The predicted octanol–water partition coefficient (Wildman–Crippen LogP) is 4.49. The summed E-state index contributed by atoms with van der Waals surface area (Å²) < 4.78 is 11.0. The second kappa shape index (κ2) is 6.48. The van der Waals surface area contributed by atoms with Gasteiger partial charge in [0.05, 0.1) is 7.11 Å². The molecule has 0 spiro atoms. The zero-order chi connectivity index (χ0) is 13.7. The molecule has 0 unspecified atom stereocenters. The van der Waals surface area contributed by atoms with Crippen molar-refractivity contribution in [3.63, 3.8) is 0 Å². The Labute approximate surface area is 118 Å². The summed E-state index contributed by atoms with van der Waals surface area (Å²) in [5.41, 5.74) is 2.24. The average Bonchev–Trinajstić information content (AvgIpc) is 2.46. The number of hydrogen-bond acceptors (Lipinski definition) is 2. The van der Waals surface area contributed by atoms with E-state index in [1.54, 1.807) is 13.2 Å². The summed E-state index contributed by atoms with van der Waals surface area (Å²) in [4.78, 5) is 0. The molecule has 0 radical (unpaired) electrons. The average molecular weight is 277 g/mol. The van der Waals surface area contributed by atoms with E-state index in [2.05, 4.69) is 19.1 Å². The van der Waals surface area contributed by atoms with Gasteiger partial charge in [-0.3, -0.25) is 0 Å².